The summed E-state index contributed by atoms with van der Waals surface area (Å²) in [5.74, 6) is -2.45. The number of Topliss-reactive ketones (excluding diaryl/α,β-unsaturated/α-hetero) is 1. The number of primary amides is 1. The quantitative estimate of drug-likeness (QED) is 0.0118. The monoisotopic (exact) mass is 1110 g/mol. The largest absolute Gasteiger partial charge is 0.379 e. The third-order valence-corrected chi connectivity index (χ3v) is 13.8. The SMILES string of the molecule is CC(C)[C@H](NC(=O)CCOCCOCCOCCN1C(=O)C2=C(C2)C1=O)C(=O)C[C@@H](CCCNC(N)=O)C(=O)Nc1ccc(C[n+]2cccc(-c3cn(CCCCCCCC(=O)Nc4ccccc4-c4ccccc4)nn3)c2)cc1.[CH3-]. The number of pyridine rings is 1. The lowest BCUT2D eigenvalue weighted by Gasteiger charge is -2.24. The second-order valence-electron chi connectivity index (χ2n) is 20.4. The lowest BCUT2D eigenvalue weighted by molar-refractivity contribution is -0.687. The number of aryl methyl sites for hydroxylation is 1. The highest BCUT2D eigenvalue weighted by Gasteiger charge is 2.46. The second-order valence-corrected chi connectivity index (χ2v) is 20.4. The van der Waals surface area contributed by atoms with E-state index in [0.717, 1.165) is 72.3 Å². The molecule has 0 radical (unpaired) electrons. The van der Waals surface area contributed by atoms with Crippen LogP contribution in [-0.2, 0) is 56.1 Å². The van der Waals surface area contributed by atoms with Crippen molar-refractivity contribution in [2.24, 2.45) is 17.6 Å². The normalized spacial score (nSPS) is 13.3. The van der Waals surface area contributed by atoms with Gasteiger partial charge in [-0.3, -0.25) is 38.3 Å². The lowest BCUT2D eigenvalue weighted by atomic mass is 9.89. The maximum atomic E-state index is 13.8. The number of unbranched alkanes of at least 4 members (excludes halogenated alkanes) is 4. The van der Waals surface area contributed by atoms with Crippen LogP contribution in [0.25, 0.3) is 22.4 Å². The van der Waals surface area contributed by atoms with Crippen molar-refractivity contribution < 1.29 is 52.3 Å². The number of anilines is 2. The highest BCUT2D eigenvalue weighted by Crippen LogP contribution is 2.40. The van der Waals surface area contributed by atoms with Gasteiger partial charge in [0.1, 0.15) is 5.69 Å². The van der Waals surface area contributed by atoms with E-state index in [-0.39, 0.29) is 114 Å². The molecule has 2 aliphatic rings. The van der Waals surface area contributed by atoms with E-state index < -0.39 is 18.0 Å². The number of piperidine rings is 1. The molecule has 0 unspecified atom stereocenters. The summed E-state index contributed by atoms with van der Waals surface area (Å²) in [6, 6.07) is 27.8. The molecular formula is C61H78N10O10. The molecule has 0 saturated heterocycles. The summed E-state index contributed by atoms with van der Waals surface area (Å²) in [5, 5.41) is 20.2. The number of imide groups is 1. The Bertz CT molecular complexity index is 2900. The number of para-hydroxylation sites is 1. The fraction of sp³-hybridized carbons (Fsp3) is 0.426. The zero-order valence-corrected chi connectivity index (χ0v) is 46.9. The molecule has 2 atom stereocenters. The maximum absolute atomic E-state index is 13.8. The fourth-order valence-electron chi connectivity index (χ4n) is 9.37. The van der Waals surface area contributed by atoms with Gasteiger partial charge in [-0.1, -0.05) is 99.0 Å². The first-order chi connectivity index (χ1) is 38.8. The predicted octanol–water partition coefficient (Wildman–Crippen LogP) is 6.99. The molecule has 1 aliphatic carbocycles. The van der Waals surface area contributed by atoms with E-state index in [1.165, 1.54) is 4.90 Å². The number of amides is 7. The summed E-state index contributed by atoms with van der Waals surface area (Å²) in [6.07, 6.45) is 12.3. The van der Waals surface area contributed by atoms with Gasteiger partial charge in [-0.25, -0.2) is 9.36 Å². The van der Waals surface area contributed by atoms with E-state index >= 15 is 0 Å². The average Bonchev–Trinajstić information content (AvgIpc) is 4.28. The summed E-state index contributed by atoms with van der Waals surface area (Å²) in [4.78, 5) is 89.9. The fourth-order valence-corrected chi connectivity index (χ4v) is 9.37. The molecule has 3 heterocycles. The Kier molecular flexibility index (Phi) is 24.9. The summed E-state index contributed by atoms with van der Waals surface area (Å²) in [7, 11) is 0. The zero-order valence-electron chi connectivity index (χ0n) is 46.9. The molecule has 0 fully saturated rings. The second kappa shape index (κ2) is 32.3. The Hall–Kier alpha value is -7.94. The Morgan fingerprint density at radius 2 is 1.37 bits per heavy atom. The van der Waals surface area contributed by atoms with Crippen molar-refractivity contribution in [2.75, 3.05) is 63.4 Å². The van der Waals surface area contributed by atoms with Crippen molar-refractivity contribution in [3.63, 3.8) is 0 Å². The number of carbonyl (C=O) groups excluding carboxylic acids is 7. The molecule has 432 valence electrons. The topological polar surface area (TPSA) is 259 Å². The van der Waals surface area contributed by atoms with Crippen LogP contribution < -0.4 is 31.6 Å². The summed E-state index contributed by atoms with van der Waals surface area (Å²) in [6.45, 7) is 6.79. The summed E-state index contributed by atoms with van der Waals surface area (Å²) >= 11 is 0. The third kappa shape index (κ3) is 20.0. The molecule has 0 saturated carbocycles. The lowest BCUT2D eigenvalue weighted by Crippen LogP contribution is -2.45. The summed E-state index contributed by atoms with van der Waals surface area (Å²) < 4.78 is 20.5. The van der Waals surface area contributed by atoms with Crippen LogP contribution in [-0.4, -0.2) is 120 Å². The van der Waals surface area contributed by atoms with E-state index in [9.17, 15) is 33.6 Å². The van der Waals surface area contributed by atoms with E-state index in [0.29, 0.717) is 49.2 Å². The Morgan fingerprint density at radius 1 is 0.704 bits per heavy atom. The maximum Gasteiger partial charge on any atom is 0.312 e. The molecule has 6 N–H and O–H groups in total. The first kappa shape index (κ1) is 62.3. The Balaban J connectivity index is 0.0000106. The molecule has 0 bridgehead atoms. The van der Waals surface area contributed by atoms with Gasteiger partial charge in [0.15, 0.2) is 24.7 Å². The number of carbonyl (C=O) groups is 7. The first-order valence-electron chi connectivity index (χ1n) is 27.7. The Labute approximate surface area is 474 Å². The number of aromatic nitrogens is 4. The van der Waals surface area contributed by atoms with Crippen LogP contribution in [0.3, 0.4) is 0 Å². The molecule has 81 heavy (non-hydrogen) atoms. The van der Waals surface area contributed by atoms with E-state index in [1.807, 2.05) is 128 Å². The minimum absolute atomic E-state index is 0. The highest BCUT2D eigenvalue weighted by molar-refractivity contribution is 6.25. The Morgan fingerprint density at radius 3 is 2.10 bits per heavy atom. The molecule has 20 nitrogen and oxygen atoms in total. The van der Waals surface area contributed by atoms with Crippen LogP contribution in [0.15, 0.2) is 121 Å². The number of urea groups is 1. The first-order valence-corrected chi connectivity index (χ1v) is 27.7. The van der Waals surface area contributed by atoms with E-state index in [4.69, 9.17) is 19.9 Å². The number of hydrogen-bond acceptors (Lipinski definition) is 12. The summed E-state index contributed by atoms with van der Waals surface area (Å²) in [5.41, 5.74) is 12.6. The molecule has 20 heteroatoms. The average molecular weight is 1110 g/mol. The standard InChI is InChI=1S/C60H74N10O10.CH3/c1-42(2)56(65-55(73)26-31-78-33-35-80-36-34-79-32-30-70-58(75)49-38-50(49)59(70)76)53(71)37-45(17-13-27-62-60(61)77)57(74)63-47-24-22-43(23-25-47)39-68-28-14-18-46(40-68)52-41-69(67-66-52)29-12-5-3-4-9-21-54(72)64-51-20-11-10-19-48(51)44-15-7-6-8-16-44;/h6-8,10-11,14-16,18-20,22-25,28,40-42,45,56H,3-5,9,12-13,17,21,26-27,29-39H2,1-2H3,(H5-,61,62,63,64,65,72,73,74,77);1H3/q;-1/p+1/t45-,56+;/m1./s1. The highest BCUT2D eigenvalue weighted by atomic mass is 16.5. The number of benzene rings is 3. The van der Waals surface area contributed by atoms with Gasteiger partial charge in [0, 0.05) is 84.4 Å². The molecule has 2 aromatic heterocycles. The molecule has 7 rings (SSSR count). The molecule has 7 amide bonds. The van der Waals surface area contributed by atoms with Gasteiger partial charge < -0.3 is 48.6 Å². The molecule has 1 aliphatic heterocycles. The third-order valence-electron chi connectivity index (χ3n) is 13.8. The molecule has 3 aromatic carbocycles. The molecule has 0 spiro atoms. The predicted molar refractivity (Wildman–Crippen MR) is 307 cm³/mol. The van der Waals surface area contributed by atoms with Gasteiger partial charge in [0.05, 0.1) is 64.0 Å². The van der Waals surface area contributed by atoms with Gasteiger partial charge in [0.25, 0.3) is 11.8 Å². The van der Waals surface area contributed by atoms with E-state index in [2.05, 4.69) is 36.1 Å². The number of nitrogens with zero attached hydrogens (tertiary/aromatic N) is 5. The number of rotatable bonds is 36. The number of hydrogen-bond donors (Lipinski definition) is 5. The number of nitrogens with one attached hydrogen (secondary N) is 4. The van der Waals surface area contributed by atoms with Crippen molar-refractivity contribution in [2.45, 2.75) is 104 Å². The van der Waals surface area contributed by atoms with Crippen LogP contribution in [0.5, 0.6) is 0 Å². The van der Waals surface area contributed by atoms with Crippen LogP contribution in [0.1, 0.15) is 90.0 Å². The van der Waals surface area contributed by atoms with Gasteiger partial charge in [-0.2, -0.15) is 0 Å². The van der Waals surface area contributed by atoms with Crippen LogP contribution in [0.2, 0.25) is 0 Å². The molecular weight excluding hydrogens is 1030 g/mol. The van der Waals surface area contributed by atoms with Crippen LogP contribution in [0.4, 0.5) is 16.2 Å². The zero-order chi connectivity index (χ0) is 56.6. The van der Waals surface area contributed by atoms with Crippen molar-refractivity contribution in [3.05, 3.63) is 134 Å². The van der Waals surface area contributed by atoms with Gasteiger partial charge in [-0.15, -0.1) is 5.10 Å². The van der Waals surface area contributed by atoms with Crippen molar-refractivity contribution in [3.8, 4) is 22.4 Å². The number of likely N-dealkylation sites (tertiary alicyclic amines) is 1. The van der Waals surface area contributed by atoms with Gasteiger partial charge >= 0.3 is 6.03 Å². The van der Waals surface area contributed by atoms with Crippen LogP contribution in [0, 0.1) is 19.3 Å². The number of ether oxygens (including phenoxy) is 3. The van der Waals surface area contributed by atoms with E-state index in [1.54, 1.807) is 0 Å². The number of ketones is 1. The minimum atomic E-state index is -0.840. The van der Waals surface area contributed by atoms with Gasteiger partial charge in [-0.05, 0) is 61.4 Å². The van der Waals surface area contributed by atoms with Crippen LogP contribution >= 0.6 is 0 Å². The van der Waals surface area contributed by atoms with Crippen molar-refractivity contribution in [1.82, 2.24) is 30.5 Å². The molecule has 5 aromatic rings. The number of nitrogens with two attached hydrogens (primary N) is 1. The smallest absolute Gasteiger partial charge is 0.312 e. The minimum Gasteiger partial charge on any atom is -0.379 e. The van der Waals surface area contributed by atoms with Gasteiger partial charge in [0.2, 0.25) is 17.7 Å². The van der Waals surface area contributed by atoms with Crippen molar-refractivity contribution in [1.29, 1.82) is 0 Å². The van der Waals surface area contributed by atoms with Crippen molar-refractivity contribution >= 4 is 52.7 Å².